The summed E-state index contributed by atoms with van der Waals surface area (Å²) >= 11 is 4.25. The predicted octanol–water partition coefficient (Wildman–Crippen LogP) is 2.35. The highest BCUT2D eigenvalue weighted by molar-refractivity contribution is 6.18. The van der Waals surface area contributed by atoms with Crippen LogP contribution in [0, 0.1) is 0 Å². The van der Waals surface area contributed by atoms with Crippen molar-refractivity contribution in [3.63, 3.8) is 0 Å². The molecule has 0 saturated heterocycles. The van der Waals surface area contributed by atoms with E-state index >= 15 is 0 Å². The summed E-state index contributed by atoms with van der Waals surface area (Å²) in [5.41, 5.74) is 0. The molecule has 0 rings (SSSR count). The van der Waals surface area contributed by atoms with Crippen LogP contribution in [-0.2, 0) is 4.74 Å². The minimum atomic E-state index is -5.22. The van der Waals surface area contributed by atoms with Gasteiger partial charge in [0.05, 0.1) is 0 Å². The third kappa shape index (κ3) is 3.84. The predicted molar refractivity (Wildman–Crippen MR) is 22.8 cm³/mol. The molecule has 0 aromatic carbocycles. The van der Waals surface area contributed by atoms with Crippen molar-refractivity contribution in [3.8, 4) is 0 Å². The fourth-order valence-electron chi connectivity index (χ4n) is 0.167. The van der Waals surface area contributed by atoms with Crippen LogP contribution >= 0.6 is 11.6 Å². The summed E-state index contributed by atoms with van der Waals surface area (Å²) in [6.45, 7) is 0. The van der Waals surface area contributed by atoms with Crippen molar-refractivity contribution in [2.24, 2.45) is 0 Å². The fourth-order valence-corrected chi connectivity index (χ4v) is 0.258. The van der Waals surface area contributed by atoms with Gasteiger partial charge < -0.3 is 0 Å². The Kier molecular flexibility index (Phi) is 3.30. The van der Waals surface area contributed by atoms with E-state index < -0.39 is 18.4 Å². The first-order valence-electron chi connectivity index (χ1n) is 1.98. The molecule has 10 heavy (non-hydrogen) atoms. The van der Waals surface area contributed by atoms with Gasteiger partial charge in [0.25, 0.3) is 12.2 Å². The molecule has 0 N–H and O–H groups in total. The van der Waals surface area contributed by atoms with Gasteiger partial charge in [0.2, 0.25) is 0 Å². The number of hydrogen-bond acceptors (Lipinski definition) is 1. The quantitative estimate of drug-likeness (QED) is 0.473. The molecule has 0 aliphatic heterocycles. The molecule has 62 valence electrons. The molecule has 0 aliphatic carbocycles. The standard InChI is InChI=1S/C3H2ClF5O/c4-2(6)10-1(5)3(7,8)9/h1-2H/t1-,2+/m0/s1. The van der Waals surface area contributed by atoms with Crippen LogP contribution in [0.1, 0.15) is 0 Å². The number of ether oxygens (including phenoxy) is 1. The van der Waals surface area contributed by atoms with Gasteiger partial charge in [-0.2, -0.15) is 17.6 Å². The molecule has 1 nitrogen and oxygen atoms in total. The highest BCUT2D eigenvalue weighted by Crippen LogP contribution is 2.25. The van der Waals surface area contributed by atoms with E-state index in [1.165, 1.54) is 0 Å². The Balaban J connectivity index is 3.73. The van der Waals surface area contributed by atoms with Crippen LogP contribution in [0.25, 0.3) is 0 Å². The Morgan fingerprint density at radius 1 is 1.20 bits per heavy atom. The van der Waals surface area contributed by atoms with Gasteiger partial charge in [-0.25, -0.2) is 4.39 Å². The van der Waals surface area contributed by atoms with E-state index in [9.17, 15) is 22.0 Å². The Morgan fingerprint density at radius 2 is 1.60 bits per heavy atom. The van der Waals surface area contributed by atoms with Gasteiger partial charge in [0.15, 0.2) is 0 Å². The van der Waals surface area contributed by atoms with Crippen molar-refractivity contribution >= 4 is 11.6 Å². The second kappa shape index (κ2) is 3.34. The van der Waals surface area contributed by atoms with Gasteiger partial charge >= 0.3 is 6.18 Å². The third-order valence-electron chi connectivity index (χ3n) is 0.480. The zero-order valence-corrected chi connectivity index (χ0v) is 5.09. The van der Waals surface area contributed by atoms with E-state index in [0.717, 1.165) is 0 Å². The molecule has 7 heteroatoms. The van der Waals surface area contributed by atoms with Crippen molar-refractivity contribution in [1.82, 2.24) is 0 Å². The average molecular weight is 184 g/mol. The maximum absolute atomic E-state index is 11.5. The van der Waals surface area contributed by atoms with Crippen molar-refractivity contribution in [3.05, 3.63) is 0 Å². The zero-order chi connectivity index (χ0) is 8.36. The monoisotopic (exact) mass is 184 g/mol. The second-order valence-corrected chi connectivity index (χ2v) is 1.60. The first-order valence-corrected chi connectivity index (χ1v) is 2.42. The van der Waals surface area contributed by atoms with Gasteiger partial charge in [-0.05, 0) is 0 Å². The van der Waals surface area contributed by atoms with Crippen LogP contribution in [0.5, 0.6) is 0 Å². The van der Waals surface area contributed by atoms with Gasteiger partial charge in [-0.1, -0.05) is 11.6 Å². The van der Waals surface area contributed by atoms with Crippen LogP contribution in [-0.4, -0.2) is 18.4 Å². The van der Waals surface area contributed by atoms with Crippen molar-refractivity contribution in [2.45, 2.75) is 18.4 Å². The van der Waals surface area contributed by atoms with Crippen molar-refractivity contribution in [1.29, 1.82) is 0 Å². The zero-order valence-electron chi connectivity index (χ0n) is 4.33. The highest BCUT2D eigenvalue weighted by atomic mass is 35.5. The minimum absolute atomic E-state index is 2.78. The van der Waals surface area contributed by atoms with Crippen molar-refractivity contribution in [2.75, 3.05) is 0 Å². The summed E-state index contributed by atoms with van der Waals surface area (Å²) in [6.07, 6.45) is -8.89. The minimum Gasteiger partial charge on any atom is -0.293 e. The molecule has 0 unspecified atom stereocenters. The maximum Gasteiger partial charge on any atom is 0.445 e. The Morgan fingerprint density at radius 3 is 1.70 bits per heavy atom. The summed E-state index contributed by atoms with van der Waals surface area (Å²) in [7, 11) is 0. The Hall–Kier alpha value is -0.100. The highest BCUT2D eigenvalue weighted by Gasteiger charge is 2.42. The smallest absolute Gasteiger partial charge is 0.293 e. The van der Waals surface area contributed by atoms with Crippen LogP contribution in [0.15, 0.2) is 0 Å². The summed E-state index contributed by atoms with van der Waals surface area (Å²) < 4.78 is 58.9. The molecule has 0 aromatic rings. The number of hydrogen-bond donors (Lipinski definition) is 0. The summed E-state index contributed by atoms with van der Waals surface area (Å²) in [5.74, 6) is -2.78. The average Bonchev–Trinajstić information content (AvgIpc) is 1.60. The van der Waals surface area contributed by atoms with E-state index in [1.54, 1.807) is 0 Å². The molecule has 0 bridgehead atoms. The van der Waals surface area contributed by atoms with Crippen LogP contribution in [0.4, 0.5) is 22.0 Å². The van der Waals surface area contributed by atoms with E-state index in [2.05, 4.69) is 16.3 Å². The largest absolute Gasteiger partial charge is 0.445 e. The summed E-state index contributed by atoms with van der Waals surface area (Å²) in [6, 6.07) is 0. The number of halogens is 6. The number of rotatable bonds is 2. The summed E-state index contributed by atoms with van der Waals surface area (Å²) in [4.78, 5) is 0. The second-order valence-electron chi connectivity index (χ2n) is 1.25. The Labute approximate surface area is 57.7 Å². The first kappa shape index (κ1) is 9.90. The summed E-state index contributed by atoms with van der Waals surface area (Å²) in [5, 5.41) is 0. The topological polar surface area (TPSA) is 9.23 Å². The molecule has 0 aliphatic rings. The van der Waals surface area contributed by atoms with Crippen molar-refractivity contribution < 1.29 is 26.7 Å². The SMILES string of the molecule is F[C@@H](Cl)O[C@H](F)C(F)(F)F. The van der Waals surface area contributed by atoms with E-state index in [-0.39, 0.29) is 0 Å². The normalized spacial score (nSPS) is 18.6. The van der Waals surface area contributed by atoms with Crippen LogP contribution in [0.3, 0.4) is 0 Å². The fraction of sp³-hybridized carbons (Fsp3) is 1.00. The van der Waals surface area contributed by atoms with Gasteiger partial charge in [-0.3, -0.25) is 4.74 Å². The number of alkyl halides is 6. The first-order chi connectivity index (χ1) is 4.34. The molecule has 0 fully saturated rings. The van der Waals surface area contributed by atoms with E-state index in [4.69, 9.17) is 0 Å². The molecule has 2 atom stereocenters. The molecule has 0 saturated carbocycles. The molecule has 0 aromatic heterocycles. The molecule has 0 amide bonds. The van der Waals surface area contributed by atoms with Gasteiger partial charge in [-0.15, -0.1) is 0 Å². The van der Waals surface area contributed by atoms with Gasteiger partial charge in [0.1, 0.15) is 0 Å². The van der Waals surface area contributed by atoms with Crippen LogP contribution < -0.4 is 0 Å². The third-order valence-corrected chi connectivity index (χ3v) is 0.583. The maximum atomic E-state index is 11.5. The molecule has 0 radical (unpaired) electrons. The lowest BCUT2D eigenvalue weighted by Crippen LogP contribution is -2.28. The lowest BCUT2D eigenvalue weighted by molar-refractivity contribution is -0.279. The molecular formula is C3H2ClF5O. The Bertz CT molecular complexity index is 102. The molecular weight excluding hydrogens is 182 g/mol. The van der Waals surface area contributed by atoms with E-state index in [1.807, 2.05) is 0 Å². The molecule has 0 heterocycles. The van der Waals surface area contributed by atoms with E-state index in [0.29, 0.717) is 0 Å². The van der Waals surface area contributed by atoms with Crippen LogP contribution in [0.2, 0.25) is 0 Å². The lowest BCUT2D eigenvalue weighted by atomic mass is 10.7. The lowest BCUT2D eigenvalue weighted by Gasteiger charge is -2.11. The molecule has 0 spiro atoms. The van der Waals surface area contributed by atoms with Gasteiger partial charge in [0, 0.05) is 0 Å².